The highest BCUT2D eigenvalue weighted by atomic mass is 16.5. The first kappa shape index (κ1) is 10.1. The standard InChI is InChI=1S/C12H18O/c1-5-10-6-7-12(13-4)11(8-10)9(2)3/h6-9H,5H2,1-4H3. The molecule has 13 heavy (non-hydrogen) atoms. The Morgan fingerprint density at radius 3 is 2.46 bits per heavy atom. The molecule has 0 atom stereocenters. The van der Waals surface area contributed by atoms with E-state index in [1.54, 1.807) is 7.11 Å². The van der Waals surface area contributed by atoms with Gasteiger partial charge in [0, 0.05) is 0 Å². The van der Waals surface area contributed by atoms with Crippen molar-refractivity contribution in [3.63, 3.8) is 0 Å². The molecule has 72 valence electrons. The van der Waals surface area contributed by atoms with Crippen LogP contribution in [0.5, 0.6) is 5.75 Å². The Morgan fingerprint density at radius 2 is 2.00 bits per heavy atom. The predicted molar refractivity (Wildman–Crippen MR) is 56.5 cm³/mol. The summed E-state index contributed by atoms with van der Waals surface area (Å²) >= 11 is 0. The van der Waals surface area contributed by atoms with Gasteiger partial charge in [-0.05, 0) is 29.5 Å². The third kappa shape index (κ3) is 2.24. The fourth-order valence-electron chi connectivity index (χ4n) is 1.45. The van der Waals surface area contributed by atoms with E-state index in [9.17, 15) is 0 Å². The monoisotopic (exact) mass is 178 g/mol. The summed E-state index contributed by atoms with van der Waals surface area (Å²) in [5.74, 6) is 1.54. The molecule has 0 fully saturated rings. The maximum atomic E-state index is 5.31. The Bertz CT molecular complexity index is 276. The zero-order valence-electron chi connectivity index (χ0n) is 8.92. The van der Waals surface area contributed by atoms with Gasteiger partial charge in [0.1, 0.15) is 5.75 Å². The van der Waals surface area contributed by atoms with Gasteiger partial charge in [0.15, 0.2) is 0 Å². The quantitative estimate of drug-likeness (QED) is 0.689. The van der Waals surface area contributed by atoms with Gasteiger partial charge in [-0.25, -0.2) is 0 Å². The number of hydrogen-bond acceptors (Lipinski definition) is 1. The molecule has 0 aliphatic rings. The first-order chi connectivity index (χ1) is 6.19. The summed E-state index contributed by atoms with van der Waals surface area (Å²) in [6.07, 6.45) is 1.09. The Balaban J connectivity index is 3.10. The molecule has 0 saturated carbocycles. The van der Waals surface area contributed by atoms with E-state index < -0.39 is 0 Å². The molecule has 1 aromatic carbocycles. The van der Waals surface area contributed by atoms with Crippen LogP contribution >= 0.6 is 0 Å². The van der Waals surface area contributed by atoms with Crippen LogP contribution in [0.1, 0.15) is 37.8 Å². The lowest BCUT2D eigenvalue weighted by atomic mass is 9.99. The number of methoxy groups -OCH3 is 1. The van der Waals surface area contributed by atoms with E-state index in [0.29, 0.717) is 5.92 Å². The molecule has 0 N–H and O–H groups in total. The van der Waals surface area contributed by atoms with Crippen molar-refractivity contribution >= 4 is 0 Å². The molecular weight excluding hydrogens is 160 g/mol. The van der Waals surface area contributed by atoms with Gasteiger partial charge in [-0.15, -0.1) is 0 Å². The van der Waals surface area contributed by atoms with Crippen molar-refractivity contribution < 1.29 is 4.74 Å². The van der Waals surface area contributed by atoms with E-state index in [4.69, 9.17) is 4.74 Å². The third-order valence-corrected chi connectivity index (χ3v) is 2.32. The van der Waals surface area contributed by atoms with Crippen molar-refractivity contribution in [3.05, 3.63) is 29.3 Å². The van der Waals surface area contributed by atoms with Crippen LogP contribution in [-0.2, 0) is 6.42 Å². The third-order valence-electron chi connectivity index (χ3n) is 2.32. The zero-order valence-corrected chi connectivity index (χ0v) is 8.92. The van der Waals surface area contributed by atoms with Gasteiger partial charge < -0.3 is 4.74 Å². The minimum atomic E-state index is 0.529. The summed E-state index contributed by atoms with van der Waals surface area (Å²) in [5.41, 5.74) is 2.69. The number of rotatable bonds is 3. The molecule has 1 heteroatoms. The van der Waals surface area contributed by atoms with Crippen molar-refractivity contribution in [3.8, 4) is 5.75 Å². The second-order valence-corrected chi connectivity index (χ2v) is 3.58. The van der Waals surface area contributed by atoms with Crippen LogP contribution in [-0.4, -0.2) is 7.11 Å². The molecule has 0 unspecified atom stereocenters. The van der Waals surface area contributed by atoms with Crippen molar-refractivity contribution in [1.29, 1.82) is 0 Å². The smallest absolute Gasteiger partial charge is 0.122 e. The fourth-order valence-corrected chi connectivity index (χ4v) is 1.45. The van der Waals surface area contributed by atoms with Gasteiger partial charge in [0.05, 0.1) is 7.11 Å². The molecule has 0 aliphatic carbocycles. The Labute approximate surface area is 80.7 Å². The van der Waals surface area contributed by atoms with Gasteiger partial charge in [0.25, 0.3) is 0 Å². The lowest BCUT2D eigenvalue weighted by Gasteiger charge is -2.12. The maximum absolute atomic E-state index is 5.31. The molecule has 1 nitrogen and oxygen atoms in total. The summed E-state index contributed by atoms with van der Waals surface area (Å²) in [6, 6.07) is 6.43. The average molecular weight is 178 g/mol. The zero-order chi connectivity index (χ0) is 9.84. The minimum absolute atomic E-state index is 0.529. The molecular formula is C12H18O. The molecule has 0 spiro atoms. The van der Waals surface area contributed by atoms with E-state index in [1.807, 2.05) is 0 Å². The van der Waals surface area contributed by atoms with Crippen molar-refractivity contribution in [1.82, 2.24) is 0 Å². The number of benzene rings is 1. The van der Waals surface area contributed by atoms with Gasteiger partial charge in [-0.1, -0.05) is 32.9 Å². The van der Waals surface area contributed by atoms with E-state index >= 15 is 0 Å². The van der Waals surface area contributed by atoms with Crippen LogP contribution in [0.4, 0.5) is 0 Å². The van der Waals surface area contributed by atoms with Crippen molar-refractivity contribution in [2.24, 2.45) is 0 Å². The minimum Gasteiger partial charge on any atom is -0.496 e. The van der Waals surface area contributed by atoms with Gasteiger partial charge in [-0.3, -0.25) is 0 Å². The van der Waals surface area contributed by atoms with Crippen LogP contribution in [0, 0.1) is 0 Å². The van der Waals surface area contributed by atoms with Crippen LogP contribution in [0.3, 0.4) is 0 Å². The van der Waals surface area contributed by atoms with Crippen LogP contribution in [0.15, 0.2) is 18.2 Å². The molecule has 0 heterocycles. The van der Waals surface area contributed by atoms with Gasteiger partial charge in [-0.2, -0.15) is 0 Å². The Morgan fingerprint density at radius 1 is 1.31 bits per heavy atom. The molecule has 0 aromatic heterocycles. The van der Waals surface area contributed by atoms with E-state index in [1.165, 1.54) is 11.1 Å². The molecule has 0 bridgehead atoms. The largest absolute Gasteiger partial charge is 0.496 e. The normalized spacial score (nSPS) is 10.5. The summed E-state index contributed by atoms with van der Waals surface area (Å²) in [7, 11) is 1.73. The summed E-state index contributed by atoms with van der Waals surface area (Å²) in [6.45, 7) is 6.56. The first-order valence-corrected chi connectivity index (χ1v) is 4.85. The van der Waals surface area contributed by atoms with Gasteiger partial charge in [0.2, 0.25) is 0 Å². The second-order valence-electron chi connectivity index (χ2n) is 3.58. The number of hydrogen-bond donors (Lipinski definition) is 0. The Hall–Kier alpha value is -0.980. The lowest BCUT2D eigenvalue weighted by molar-refractivity contribution is 0.407. The van der Waals surface area contributed by atoms with E-state index in [2.05, 4.69) is 39.0 Å². The van der Waals surface area contributed by atoms with Crippen molar-refractivity contribution in [2.75, 3.05) is 7.11 Å². The van der Waals surface area contributed by atoms with Crippen molar-refractivity contribution in [2.45, 2.75) is 33.1 Å². The van der Waals surface area contributed by atoms with E-state index in [-0.39, 0.29) is 0 Å². The molecule has 0 radical (unpaired) electrons. The van der Waals surface area contributed by atoms with Crippen LogP contribution in [0.25, 0.3) is 0 Å². The summed E-state index contributed by atoms with van der Waals surface area (Å²) in [5, 5.41) is 0. The highest BCUT2D eigenvalue weighted by Crippen LogP contribution is 2.27. The first-order valence-electron chi connectivity index (χ1n) is 4.85. The van der Waals surface area contributed by atoms with Gasteiger partial charge >= 0.3 is 0 Å². The molecule has 0 saturated heterocycles. The second kappa shape index (κ2) is 4.31. The summed E-state index contributed by atoms with van der Waals surface area (Å²) < 4.78 is 5.31. The fraction of sp³-hybridized carbons (Fsp3) is 0.500. The SMILES string of the molecule is CCc1ccc(OC)c(C(C)C)c1. The molecule has 0 aliphatic heterocycles. The van der Waals surface area contributed by atoms with Crippen LogP contribution < -0.4 is 4.74 Å². The number of ether oxygens (including phenoxy) is 1. The Kier molecular flexibility index (Phi) is 3.35. The van der Waals surface area contributed by atoms with E-state index in [0.717, 1.165) is 12.2 Å². The highest BCUT2D eigenvalue weighted by molar-refractivity contribution is 5.39. The molecule has 0 amide bonds. The average Bonchev–Trinajstić information content (AvgIpc) is 2.16. The maximum Gasteiger partial charge on any atom is 0.122 e. The molecule has 1 aromatic rings. The predicted octanol–water partition coefficient (Wildman–Crippen LogP) is 3.38. The number of aryl methyl sites for hydroxylation is 1. The topological polar surface area (TPSA) is 9.23 Å². The van der Waals surface area contributed by atoms with Crippen LogP contribution in [0.2, 0.25) is 0 Å². The highest BCUT2D eigenvalue weighted by Gasteiger charge is 2.06. The summed E-state index contributed by atoms with van der Waals surface area (Å²) in [4.78, 5) is 0. The lowest BCUT2D eigenvalue weighted by Crippen LogP contribution is -1.95. The molecule has 1 rings (SSSR count).